The molecule has 16 heavy (non-hydrogen) atoms. The van der Waals surface area contributed by atoms with Gasteiger partial charge in [-0.25, -0.2) is 0 Å². The molecule has 0 aromatic heterocycles. The molecule has 84 valence electrons. The van der Waals surface area contributed by atoms with Crippen molar-refractivity contribution < 1.29 is 9.53 Å². The molecule has 1 amide bonds. The van der Waals surface area contributed by atoms with Gasteiger partial charge in [0.25, 0.3) is 5.91 Å². The highest BCUT2D eigenvalue weighted by atomic mass is 16.5. The van der Waals surface area contributed by atoms with Crippen molar-refractivity contribution in [1.82, 2.24) is 5.32 Å². The van der Waals surface area contributed by atoms with E-state index in [2.05, 4.69) is 18.3 Å². The fourth-order valence-electron chi connectivity index (χ4n) is 1.95. The Morgan fingerprint density at radius 2 is 2.25 bits per heavy atom. The summed E-state index contributed by atoms with van der Waals surface area (Å²) in [4.78, 5) is 13.2. The lowest BCUT2D eigenvalue weighted by Crippen LogP contribution is -2.35. The number of nitrogens with zero attached hydrogens (tertiary/aromatic N) is 1. The highest BCUT2D eigenvalue weighted by Crippen LogP contribution is 2.37. The molecule has 0 radical (unpaired) electrons. The molecule has 1 N–H and O–H groups in total. The van der Waals surface area contributed by atoms with Crippen LogP contribution in [-0.2, 0) is 10.3 Å². The molecular weight excluding hydrogens is 204 g/mol. The van der Waals surface area contributed by atoms with E-state index < -0.39 is 0 Å². The molecule has 1 atom stereocenters. The summed E-state index contributed by atoms with van der Waals surface area (Å²) in [6.07, 6.45) is 0. The standard InChI is InChI=1S/C12H14N2O2/c1-12(7-13-12)8-3-4-10-9(5-8)14(2)11(15)6-16-10/h3-5,13H,6-7H2,1-2H3. The quantitative estimate of drug-likeness (QED) is 0.711. The van der Waals surface area contributed by atoms with Gasteiger partial charge in [0.15, 0.2) is 6.61 Å². The summed E-state index contributed by atoms with van der Waals surface area (Å²) in [6, 6.07) is 6.04. The van der Waals surface area contributed by atoms with E-state index in [0.717, 1.165) is 18.0 Å². The highest BCUT2D eigenvalue weighted by Gasteiger charge is 2.39. The predicted octanol–water partition coefficient (Wildman–Crippen LogP) is 0.860. The van der Waals surface area contributed by atoms with Gasteiger partial charge in [-0.2, -0.15) is 0 Å². The molecule has 4 nitrogen and oxygen atoms in total. The summed E-state index contributed by atoms with van der Waals surface area (Å²) in [5.74, 6) is 0.786. The Morgan fingerprint density at radius 3 is 2.94 bits per heavy atom. The second-order valence-electron chi connectivity index (χ2n) is 4.61. The molecule has 3 rings (SSSR count). The maximum absolute atomic E-state index is 11.5. The van der Waals surface area contributed by atoms with E-state index in [0.29, 0.717) is 0 Å². The van der Waals surface area contributed by atoms with Gasteiger partial charge in [-0.05, 0) is 24.6 Å². The Labute approximate surface area is 94.2 Å². The third kappa shape index (κ3) is 1.30. The smallest absolute Gasteiger partial charge is 0.264 e. The van der Waals surface area contributed by atoms with Crippen LogP contribution >= 0.6 is 0 Å². The van der Waals surface area contributed by atoms with Crippen LogP contribution in [0.5, 0.6) is 5.75 Å². The first-order chi connectivity index (χ1) is 7.60. The normalized spacial score (nSPS) is 27.4. The van der Waals surface area contributed by atoms with Gasteiger partial charge in [-0.3, -0.25) is 4.79 Å². The van der Waals surface area contributed by atoms with E-state index in [4.69, 9.17) is 4.74 Å². The maximum atomic E-state index is 11.5. The third-order valence-corrected chi connectivity index (χ3v) is 3.39. The molecule has 4 heteroatoms. The number of hydrogen-bond donors (Lipinski definition) is 1. The number of benzene rings is 1. The van der Waals surface area contributed by atoms with Crippen LogP contribution in [0.1, 0.15) is 12.5 Å². The molecule has 2 aliphatic rings. The highest BCUT2D eigenvalue weighted by molar-refractivity contribution is 5.97. The van der Waals surface area contributed by atoms with Crippen molar-refractivity contribution in [2.24, 2.45) is 0 Å². The van der Waals surface area contributed by atoms with Crippen LogP contribution in [0.4, 0.5) is 5.69 Å². The van der Waals surface area contributed by atoms with Gasteiger partial charge in [0.1, 0.15) is 5.75 Å². The van der Waals surface area contributed by atoms with Gasteiger partial charge in [-0.1, -0.05) is 6.07 Å². The van der Waals surface area contributed by atoms with E-state index in [1.165, 1.54) is 5.56 Å². The molecule has 1 aromatic rings. The maximum Gasteiger partial charge on any atom is 0.264 e. The van der Waals surface area contributed by atoms with Gasteiger partial charge in [0, 0.05) is 13.6 Å². The summed E-state index contributed by atoms with van der Waals surface area (Å²) in [6.45, 7) is 3.28. The number of ether oxygens (including phenoxy) is 1. The van der Waals surface area contributed by atoms with Crippen LogP contribution in [0.2, 0.25) is 0 Å². The largest absolute Gasteiger partial charge is 0.482 e. The van der Waals surface area contributed by atoms with E-state index in [9.17, 15) is 4.79 Å². The molecule has 2 aliphatic heterocycles. The summed E-state index contributed by atoms with van der Waals surface area (Å²) in [5.41, 5.74) is 2.15. The molecular formula is C12H14N2O2. The third-order valence-electron chi connectivity index (χ3n) is 3.39. The lowest BCUT2D eigenvalue weighted by molar-refractivity contribution is -0.120. The van der Waals surface area contributed by atoms with Crippen LogP contribution in [-0.4, -0.2) is 26.1 Å². The average Bonchev–Trinajstić information content (AvgIpc) is 3.03. The van der Waals surface area contributed by atoms with E-state index in [1.807, 2.05) is 12.1 Å². The Morgan fingerprint density at radius 1 is 1.50 bits per heavy atom. The van der Waals surface area contributed by atoms with Crippen LogP contribution in [0.15, 0.2) is 18.2 Å². The molecule has 1 fully saturated rings. The minimum Gasteiger partial charge on any atom is -0.482 e. The van der Waals surface area contributed by atoms with Crippen LogP contribution in [0, 0.1) is 0 Å². The molecule has 1 saturated heterocycles. The van der Waals surface area contributed by atoms with Crippen molar-refractivity contribution in [3.05, 3.63) is 23.8 Å². The number of nitrogens with one attached hydrogen (secondary N) is 1. The number of anilines is 1. The Bertz CT molecular complexity index is 466. The van der Waals surface area contributed by atoms with Crippen LogP contribution in [0.25, 0.3) is 0 Å². The van der Waals surface area contributed by atoms with E-state index >= 15 is 0 Å². The Kier molecular flexibility index (Phi) is 1.80. The summed E-state index contributed by atoms with van der Waals surface area (Å²) in [5, 5.41) is 3.32. The summed E-state index contributed by atoms with van der Waals surface area (Å²) < 4.78 is 5.38. The Balaban J connectivity index is 2.06. The number of likely N-dealkylation sites (N-methyl/N-ethyl adjacent to an activating group) is 1. The minimum atomic E-state index is -0.00133. The van der Waals surface area contributed by atoms with Crippen LogP contribution in [0.3, 0.4) is 0 Å². The van der Waals surface area contributed by atoms with Gasteiger partial charge in [-0.15, -0.1) is 0 Å². The van der Waals surface area contributed by atoms with Crippen molar-refractivity contribution in [3.8, 4) is 5.75 Å². The molecule has 0 saturated carbocycles. The molecule has 1 aromatic carbocycles. The van der Waals surface area contributed by atoms with Gasteiger partial charge in [0.05, 0.1) is 11.2 Å². The average molecular weight is 218 g/mol. The summed E-state index contributed by atoms with van der Waals surface area (Å²) in [7, 11) is 1.79. The van der Waals surface area contributed by atoms with Gasteiger partial charge in [0.2, 0.25) is 0 Å². The number of fused-ring (bicyclic) bond motifs is 1. The van der Waals surface area contributed by atoms with Crippen molar-refractivity contribution >= 4 is 11.6 Å². The fraction of sp³-hybridized carbons (Fsp3) is 0.417. The molecule has 1 unspecified atom stereocenters. The fourth-order valence-corrected chi connectivity index (χ4v) is 1.95. The van der Waals surface area contributed by atoms with Crippen molar-refractivity contribution in [1.29, 1.82) is 0 Å². The van der Waals surface area contributed by atoms with Crippen LogP contribution < -0.4 is 15.0 Å². The molecule has 0 spiro atoms. The SMILES string of the molecule is CN1C(=O)COc2ccc(C3(C)CN3)cc21. The first-order valence-electron chi connectivity index (χ1n) is 5.39. The Hall–Kier alpha value is -1.55. The number of hydrogen-bond acceptors (Lipinski definition) is 3. The zero-order valence-corrected chi connectivity index (χ0v) is 9.41. The summed E-state index contributed by atoms with van der Waals surface area (Å²) >= 11 is 0. The number of carbonyl (C=O) groups excluding carboxylic acids is 1. The second-order valence-corrected chi connectivity index (χ2v) is 4.61. The lowest BCUT2D eigenvalue weighted by atomic mass is 10.00. The zero-order chi connectivity index (χ0) is 11.3. The van der Waals surface area contributed by atoms with Gasteiger partial charge < -0.3 is 15.0 Å². The van der Waals surface area contributed by atoms with Crippen molar-refractivity contribution in [2.45, 2.75) is 12.5 Å². The van der Waals surface area contributed by atoms with Crippen molar-refractivity contribution in [2.75, 3.05) is 25.1 Å². The lowest BCUT2D eigenvalue weighted by Gasteiger charge is -2.27. The van der Waals surface area contributed by atoms with Gasteiger partial charge >= 0.3 is 0 Å². The topological polar surface area (TPSA) is 51.5 Å². The van der Waals surface area contributed by atoms with E-state index in [1.54, 1.807) is 11.9 Å². The monoisotopic (exact) mass is 218 g/mol. The first-order valence-corrected chi connectivity index (χ1v) is 5.39. The van der Waals surface area contributed by atoms with E-state index in [-0.39, 0.29) is 18.1 Å². The predicted molar refractivity (Wildman–Crippen MR) is 60.7 cm³/mol. The second kappa shape index (κ2) is 2.98. The number of rotatable bonds is 1. The molecule has 2 heterocycles. The zero-order valence-electron chi connectivity index (χ0n) is 9.41. The van der Waals surface area contributed by atoms with Crippen molar-refractivity contribution in [3.63, 3.8) is 0 Å². The first kappa shape index (κ1) is 9.66. The molecule has 0 aliphatic carbocycles. The number of carbonyl (C=O) groups is 1. The molecule has 0 bridgehead atoms. The number of amides is 1. The minimum absolute atomic E-state index is 0.00133.